The zero-order valence-electron chi connectivity index (χ0n) is 19.5. The van der Waals surface area contributed by atoms with Gasteiger partial charge in [0.25, 0.3) is 0 Å². The number of hydrogen-bond donors (Lipinski definition) is 0. The average molecular weight is 462 g/mol. The van der Waals surface area contributed by atoms with E-state index in [9.17, 15) is 9.59 Å². The Hall–Kier alpha value is -3.06. The Kier molecular flexibility index (Phi) is 3.78. The van der Waals surface area contributed by atoms with Gasteiger partial charge in [0.15, 0.2) is 0 Å². The van der Waals surface area contributed by atoms with Crippen LogP contribution in [0.25, 0.3) is 10.8 Å². The third kappa shape index (κ3) is 1.74. The van der Waals surface area contributed by atoms with Crippen molar-refractivity contribution >= 4 is 22.7 Å². The minimum Gasteiger partial charge on any atom is -0.496 e. The van der Waals surface area contributed by atoms with Gasteiger partial charge in [0.2, 0.25) is 0 Å². The summed E-state index contributed by atoms with van der Waals surface area (Å²) in [5, 5.41) is 1.97. The third-order valence-electron chi connectivity index (χ3n) is 9.54. The topological polar surface area (TPSA) is 80.3 Å². The van der Waals surface area contributed by atoms with E-state index in [0.29, 0.717) is 0 Å². The summed E-state index contributed by atoms with van der Waals surface area (Å²) in [6.07, 6.45) is 3.64. The Morgan fingerprint density at radius 1 is 0.794 bits per heavy atom. The van der Waals surface area contributed by atoms with E-state index >= 15 is 0 Å². The standard InChI is InChI=1S/C27H26O7/c1-30-22-12-7-5-6-8-13(12)23(31-2)19-15-11-14(18(19)22)20-21(15)27(25(29)33-4)17-10-9-16(34-17)26(20,27)24(28)32-3/h5-10,14-17,20-21H,11H2,1-4H3/t14-,15+,16?,17?,20-,21+,26+,27-. The summed E-state index contributed by atoms with van der Waals surface area (Å²) in [6.45, 7) is 0. The lowest BCUT2D eigenvalue weighted by Crippen LogP contribution is -2.76. The first kappa shape index (κ1) is 20.3. The SMILES string of the molecule is COC(=O)[C@@]12C3C=CC(O3)[C@]1(C(=O)OC)[C@@H]1[C@H]2[C@@H]2C[C@H]1c1c2c(OC)c2ccccc2c1OC. The normalized spacial score (nSPS) is 39.3. The van der Waals surface area contributed by atoms with Gasteiger partial charge in [0, 0.05) is 21.9 Å². The lowest BCUT2D eigenvalue weighted by molar-refractivity contribution is -0.230. The summed E-state index contributed by atoms with van der Waals surface area (Å²) in [5.41, 5.74) is -0.0320. The largest absolute Gasteiger partial charge is 0.496 e. The van der Waals surface area contributed by atoms with Gasteiger partial charge in [-0.1, -0.05) is 36.4 Å². The number of benzene rings is 2. The maximum absolute atomic E-state index is 13.6. The average Bonchev–Trinajstić information content (AvgIpc) is 3.60. The van der Waals surface area contributed by atoms with E-state index in [1.807, 2.05) is 36.4 Å². The number of ether oxygens (including phenoxy) is 5. The zero-order valence-corrected chi connectivity index (χ0v) is 19.5. The summed E-state index contributed by atoms with van der Waals surface area (Å²) < 4.78 is 29.1. The van der Waals surface area contributed by atoms with E-state index in [4.69, 9.17) is 23.7 Å². The minimum absolute atomic E-state index is 0.0201. The first-order valence-electron chi connectivity index (χ1n) is 11.7. The molecule has 34 heavy (non-hydrogen) atoms. The van der Waals surface area contributed by atoms with Crippen LogP contribution in [0.1, 0.15) is 29.4 Å². The van der Waals surface area contributed by atoms with Gasteiger partial charge in [-0.05, 0) is 30.1 Å². The van der Waals surface area contributed by atoms with Gasteiger partial charge in [-0.2, -0.15) is 0 Å². The van der Waals surface area contributed by atoms with Crippen molar-refractivity contribution in [2.24, 2.45) is 22.7 Å². The van der Waals surface area contributed by atoms with Crippen LogP contribution in [0.4, 0.5) is 0 Å². The maximum atomic E-state index is 13.6. The Balaban J connectivity index is 1.54. The molecule has 2 unspecified atom stereocenters. The van der Waals surface area contributed by atoms with Gasteiger partial charge in [0.05, 0.1) is 40.6 Å². The molecule has 4 bridgehead atoms. The molecular formula is C27H26O7. The molecule has 0 amide bonds. The van der Waals surface area contributed by atoms with Gasteiger partial charge in [-0.3, -0.25) is 9.59 Å². The molecule has 2 heterocycles. The van der Waals surface area contributed by atoms with Crippen molar-refractivity contribution < 1.29 is 33.3 Å². The molecule has 8 atom stereocenters. The van der Waals surface area contributed by atoms with Crippen molar-refractivity contribution in [3.05, 3.63) is 47.5 Å². The summed E-state index contributed by atoms with van der Waals surface area (Å²) in [5.74, 6) is 0.680. The number of carbonyl (C=O) groups is 2. The van der Waals surface area contributed by atoms with Crippen molar-refractivity contribution in [2.45, 2.75) is 30.5 Å². The molecule has 0 N–H and O–H groups in total. The van der Waals surface area contributed by atoms with Gasteiger partial charge in [0.1, 0.15) is 22.3 Å². The molecular weight excluding hydrogens is 436 g/mol. The minimum atomic E-state index is -1.11. The van der Waals surface area contributed by atoms with Crippen molar-refractivity contribution in [1.29, 1.82) is 0 Å². The fourth-order valence-electron chi connectivity index (χ4n) is 8.91. The molecule has 2 aliphatic heterocycles. The molecule has 2 saturated carbocycles. The maximum Gasteiger partial charge on any atom is 0.316 e. The van der Waals surface area contributed by atoms with E-state index in [1.54, 1.807) is 14.2 Å². The smallest absolute Gasteiger partial charge is 0.316 e. The van der Waals surface area contributed by atoms with Crippen LogP contribution in [0, 0.1) is 22.7 Å². The van der Waals surface area contributed by atoms with Crippen molar-refractivity contribution in [3.8, 4) is 11.5 Å². The highest BCUT2D eigenvalue weighted by atomic mass is 16.6. The van der Waals surface area contributed by atoms with E-state index in [0.717, 1.165) is 39.8 Å². The molecule has 0 spiro atoms. The second kappa shape index (κ2) is 6.33. The first-order chi connectivity index (χ1) is 16.5. The van der Waals surface area contributed by atoms with Gasteiger partial charge in [-0.25, -0.2) is 0 Å². The predicted octanol–water partition coefficient (Wildman–Crippen LogP) is 3.34. The highest BCUT2D eigenvalue weighted by Gasteiger charge is 2.93. The van der Waals surface area contributed by atoms with Gasteiger partial charge >= 0.3 is 11.9 Å². The lowest BCUT2D eigenvalue weighted by Gasteiger charge is -2.66. The molecule has 5 aliphatic rings. The van der Waals surface area contributed by atoms with Crippen LogP contribution in [0.2, 0.25) is 0 Å². The predicted molar refractivity (Wildman–Crippen MR) is 121 cm³/mol. The summed E-state index contributed by atoms with van der Waals surface area (Å²) in [4.78, 5) is 27.3. The van der Waals surface area contributed by atoms with Crippen molar-refractivity contribution in [3.63, 3.8) is 0 Å². The van der Waals surface area contributed by atoms with E-state index in [2.05, 4.69) is 0 Å². The van der Waals surface area contributed by atoms with Crippen molar-refractivity contribution in [2.75, 3.05) is 28.4 Å². The Bertz CT molecular complexity index is 1220. The second-order valence-electron chi connectivity index (χ2n) is 10.0. The molecule has 2 aromatic carbocycles. The quantitative estimate of drug-likeness (QED) is 0.392. The van der Waals surface area contributed by atoms with Crippen LogP contribution in [-0.2, 0) is 23.8 Å². The Morgan fingerprint density at radius 3 is 1.62 bits per heavy atom. The van der Waals surface area contributed by atoms with Crippen molar-refractivity contribution in [1.82, 2.24) is 0 Å². The molecule has 0 radical (unpaired) electrons. The zero-order chi connectivity index (χ0) is 23.6. The number of fused-ring (bicyclic) bond motifs is 16. The van der Waals surface area contributed by atoms with Gasteiger partial charge < -0.3 is 23.7 Å². The molecule has 7 nitrogen and oxygen atoms in total. The number of rotatable bonds is 4. The van der Waals surface area contributed by atoms with Crippen LogP contribution in [0.5, 0.6) is 11.5 Å². The van der Waals surface area contributed by atoms with Crippen LogP contribution in [0.15, 0.2) is 36.4 Å². The Labute approximate surface area is 196 Å². The molecule has 3 aliphatic carbocycles. The monoisotopic (exact) mass is 462 g/mol. The number of carbonyl (C=O) groups excluding carboxylic acids is 2. The van der Waals surface area contributed by atoms with Gasteiger partial charge in [-0.15, -0.1) is 0 Å². The Morgan fingerprint density at radius 2 is 1.24 bits per heavy atom. The van der Waals surface area contributed by atoms with E-state index in [1.165, 1.54) is 14.2 Å². The fraction of sp³-hybridized carbons (Fsp3) is 0.481. The number of hydrogen-bond acceptors (Lipinski definition) is 7. The molecule has 176 valence electrons. The lowest BCUT2D eigenvalue weighted by atomic mass is 9.32. The molecule has 7 heteroatoms. The third-order valence-corrected chi connectivity index (χ3v) is 9.54. The second-order valence-corrected chi connectivity index (χ2v) is 10.0. The van der Waals surface area contributed by atoms with E-state index in [-0.39, 0.29) is 23.7 Å². The number of esters is 2. The highest BCUT2D eigenvalue weighted by Crippen LogP contribution is 2.86. The number of methoxy groups -OCH3 is 4. The summed E-state index contributed by atoms with van der Waals surface area (Å²) in [7, 11) is 6.16. The molecule has 1 saturated heterocycles. The van der Waals surface area contributed by atoms with Crippen LogP contribution < -0.4 is 9.47 Å². The first-order valence-corrected chi connectivity index (χ1v) is 11.7. The van der Waals surface area contributed by atoms with E-state index < -0.39 is 35.0 Å². The fourth-order valence-corrected chi connectivity index (χ4v) is 8.91. The van der Waals surface area contributed by atoms with Crippen LogP contribution in [-0.4, -0.2) is 52.6 Å². The molecule has 3 fully saturated rings. The van der Waals surface area contributed by atoms with Crippen LogP contribution >= 0.6 is 0 Å². The van der Waals surface area contributed by atoms with Crippen LogP contribution in [0.3, 0.4) is 0 Å². The molecule has 7 rings (SSSR count). The highest BCUT2D eigenvalue weighted by molar-refractivity contribution is 6.00. The summed E-state index contributed by atoms with van der Waals surface area (Å²) in [6, 6.07) is 8.06. The summed E-state index contributed by atoms with van der Waals surface area (Å²) >= 11 is 0. The molecule has 0 aromatic heterocycles. The molecule has 2 aromatic rings.